The van der Waals surface area contributed by atoms with Gasteiger partial charge in [-0.3, -0.25) is 9.80 Å². The average molecular weight is 1130 g/mol. The second-order valence-corrected chi connectivity index (χ2v) is 25.1. The largest absolute Gasteiger partial charge is 0.488 e. The van der Waals surface area contributed by atoms with E-state index in [1.165, 1.54) is 37.1 Å². The molecule has 0 radical (unpaired) electrons. The maximum Gasteiger partial charge on any atom is 0.488 e. The minimum atomic E-state index is -3.13. The highest BCUT2D eigenvalue weighted by Gasteiger charge is 2.27. The number of morpholine rings is 2. The maximum atomic E-state index is 11.8. The normalized spacial score (nSPS) is 17.9. The lowest BCUT2D eigenvalue weighted by atomic mass is 9.80. The number of pyridine rings is 2. The van der Waals surface area contributed by atoms with E-state index in [0.29, 0.717) is 50.4 Å². The molecular weight excluding hydrogens is 1070 g/mol. The van der Waals surface area contributed by atoms with Gasteiger partial charge < -0.3 is 39.5 Å². The molecule has 0 spiro atoms. The van der Waals surface area contributed by atoms with Gasteiger partial charge in [0.15, 0.2) is 0 Å². The second kappa shape index (κ2) is 24.8. The van der Waals surface area contributed by atoms with Crippen LogP contribution in [-0.2, 0) is 55.8 Å². The molecule has 4 aromatic heterocycles. The van der Waals surface area contributed by atoms with Crippen molar-refractivity contribution in [2.75, 3.05) is 127 Å². The van der Waals surface area contributed by atoms with Gasteiger partial charge in [0.25, 0.3) is 0 Å². The van der Waals surface area contributed by atoms with E-state index >= 15 is 0 Å². The number of aromatic nitrogens is 2. The number of fused-ring (bicyclic) bond motifs is 2. The third-order valence-corrected chi connectivity index (χ3v) is 18.1. The number of benzene rings is 2. The van der Waals surface area contributed by atoms with Crippen LogP contribution in [0.4, 0.5) is 11.6 Å². The van der Waals surface area contributed by atoms with Crippen molar-refractivity contribution in [3.05, 3.63) is 98.3 Å². The predicted octanol–water partition coefficient (Wildman–Crippen LogP) is 3.20. The van der Waals surface area contributed by atoms with Gasteiger partial charge in [-0.2, -0.15) is 8.61 Å². The number of rotatable bonds is 12. The van der Waals surface area contributed by atoms with Gasteiger partial charge in [0, 0.05) is 107 Å². The lowest BCUT2D eigenvalue weighted by Crippen LogP contribution is -2.47. The first-order valence-corrected chi connectivity index (χ1v) is 30.0. The van der Waals surface area contributed by atoms with Gasteiger partial charge in [0.05, 0.1) is 67.2 Å². The summed E-state index contributed by atoms with van der Waals surface area (Å²) in [7, 11) is -7.67. The molecule has 2 aromatic carbocycles. The van der Waals surface area contributed by atoms with Crippen LogP contribution in [0.5, 0.6) is 0 Å². The summed E-state index contributed by atoms with van der Waals surface area (Å²) in [5, 5.41) is 38.1. The molecule has 4 fully saturated rings. The number of hydrogen-bond donors (Lipinski definition) is 4. The fraction of sp³-hybridized carbons (Fsp3) is 0.458. The highest BCUT2D eigenvalue weighted by atomic mass is 79.9. The number of ether oxygens (including phenoxy) is 2. The van der Waals surface area contributed by atoms with Crippen molar-refractivity contribution in [1.29, 1.82) is 0 Å². The molecule has 8 heterocycles. The molecule has 0 amide bonds. The fourth-order valence-corrected chi connectivity index (χ4v) is 13.4. The lowest BCUT2D eigenvalue weighted by Gasteiger charge is -2.32. The van der Waals surface area contributed by atoms with Gasteiger partial charge in [-0.25, -0.2) is 26.8 Å². The van der Waals surface area contributed by atoms with E-state index < -0.39 is 27.2 Å². The molecule has 4 saturated heterocycles. The average Bonchev–Trinajstić information content (AvgIpc) is 3.99. The van der Waals surface area contributed by atoms with E-state index in [0.717, 1.165) is 117 Å². The van der Waals surface area contributed by atoms with Crippen molar-refractivity contribution >= 4 is 103 Å². The molecule has 0 aliphatic carbocycles. The first kappa shape index (κ1) is 54.6. The number of hydrogen-bond acceptors (Lipinski definition) is 18. The number of piperazine rings is 2. The van der Waals surface area contributed by atoms with Crippen LogP contribution in [-0.4, -0.2) is 190 Å². The molecule has 18 nitrogen and oxygen atoms in total. The number of halogens is 1. The van der Waals surface area contributed by atoms with E-state index in [4.69, 9.17) is 34.6 Å². The van der Waals surface area contributed by atoms with Crippen LogP contribution in [0.1, 0.15) is 20.9 Å². The third-order valence-electron chi connectivity index (χ3n) is 12.9. The van der Waals surface area contributed by atoms with Crippen molar-refractivity contribution in [1.82, 2.24) is 28.4 Å². The topological polar surface area (TPSA) is 213 Å². The Bertz CT molecular complexity index is 2990. The Morgan fingerprint density at radius 3 is 1.53 bits per heavy atom. The Hall–Kier alpha value is -3.70. The van der Waals surface area contributed by atoms with E-state index in [9.17, 15) is 21.9 Å². The summed E-state index contributed by atoms with van der Waals surface area (Å²) in [4.78, 5) is 21.6. The summed E-state index contributed by atoms with van der Waals surface area (Å²) in [5.41, 5.74) is 3.83. The molecule has 24 heteroatoms. The Morgan fingerprint density at radius 1 is 0.597 bits per heavy atom. The van der Waals surface area contributed by atoms with E-state index in [1.807, 2.05) is 24.3 Å². The molecule has 0 bridgehead atoms. The first-order chi connectivity index (χ1) is 34.5. The molecule has 0 saturated carbocycles. The standard InChI is InChI=1S/C24H30N4O4S2.C17H23BrN4O3S2.C7H9BO3/c1-34(30,31)28-7-5-26(6-8-28)16-21-14-20-15-22(19-4-2-3-18(13-19)17-29)25-24(23(20)33-21)27-9-11-32-12-10-27;1-27(23,24)22-4-2-20(3-5-22)12-14-10-13-11-15(18)19-17(16(13)26-14)21-6-8-25-9-7-21;9-5-6-2-1-3-7(4-6)8(10)11/h2-4,13-15,29H,5-12,16-17H2,1H3;10-11H,2-9,12H2,1H3;1-4,9-11H,5H2. The monoisotopic (exact) mass is 1130 g/mol. The zero-order chi connectivity index (χ0) is 51.0. The number of aliphatic hydroxyl groups is 2. The van der Waals surface area contributed by atoms with Crippen molar-refractivity contribution in [2.45, 2.75) is 26.3 Å². The van der Waals surface area contributed by atoms with Crippen LogP contribution >= 0.6 is 38.6 Å². The van der Waals surface area contributed by atoms with Crippen molar-refractivity contribution in [3.63, 3.8) is 0 Å². The molecule has 388 valence electrons. The summed E-state index contributed by atoms with van der Waals surface area (Å²) >= 11 is 7.10. The third kappa shape index (κ3) is 14.4. The summed E-state index contributed by atoms with van der Waals surface area (Å²) < 4.78 is 64.4. The SMILES string of the molecule is CS(=O)(=O)N1CCN(Cc2cc3cc(-c4cccc(CO)c4)nc(N4CCOCC4)c3s2)CC1.CS(=O)(=O)N1CCN(Cc2cc3cc(Br)nc(N4CCOCC4)c3s2)CC1.OCc1cccc(B(O)O)c1. The zero-order valence-corrected chi connectivity index (χ0v) is 45.3. The first-order valence-electron chi connectivity index (χ1n) is 23.8. The zero-order valence-electron chi connectivity index (χ0n) is 40.5. The predicted molar refractivity (Wildman–Crippen MR) is 290 cm³/mol. The van der Waals surface area contributed by atoms with Crippen molar-refractivity contribution in [3.8, 4) is 11.3 Å². The van der Waals surface area contributed by atoms with Crippen LogP contribution in [0, 0.1) is 0 Å². The number of nitrogens with zero attached hydrogens (tertiary/aromatic N) is 8. The Kier molecular flexibility index (Phi) is 18.8. The summed E-state index contributed by atoms with van der Waals surface area (Å²) in [5.74, 6) is 2.02. The molecule has 10 rings (SSSR count). The van der Waals surface area contributed by atoms with Gasteiger partial charge in [0.1, 0.15) is 16.2 Å². The molecule has 0 atom stereocenters. The van der Waals surface area contributed by atoms with Crippen LogP contribution < -0.4 is 15.3 Å². The summed E-state index contributed by atoms with van der Waals surface area (Å²) in [6.45, 7) is 12.9. The van der Waals surface area contributed by atoms with Crippen LogP contribution in [0.25, 0.3) is 31.4 Å². The van der Waals surface area contributed by atoms with Gasteiger partial charge in [0.2, 0.25) is 20.0 Å². The lowest BCUT2D eigenvalue weighted by molar-refractivity contribution is 0.122. The molecule has 4 aliphatic heterocycles. The van der Waals surface area contributed by atoms with Gasteiger partial charge in [-0.15, -0.1) is 22.7 Å². The van der Waals surface area contributed by atoms with Crippen LogP contribution in [0.15, 0.2) is 77.4 Å². The van der Waals surface area contributed by atoms with Gasteiger partial charge in [-0.1, -0.05) is 42.5 Å². The van der Waals surface area contributed by atoms with Crippen LogP contribution in [0.2, 0.25) is 0 Å². The molecule has 0 unspecified atom stereocenters. The molecule has 6 aromatic rings. The van der Waals surface area contributed by atoms with Gasteiger partial charge >= 0.3 is 7.12 Å². The smallest absolute Gasteiger partial charge is 0.423 e. The van der Waals surface area contributed by atoms with E-state index in [-0.39, 0.29) is 13.2 Å². The maximum absolute atomic E-state index is 11.8. The van der Waals surface area contributed by atoms with Crippen LogP contribution in [0.3, 0.4) is 0 Å². The molecule has 72 heavy (non-hydrogen) atoms. The number of aliphatic hydroxyl groups excluding tert-OH is 2. The van der Waals surface area contributed by atoms with Crippen molar-refractivity contribution in [2.24, 2.45) is 0 Å². The molecule has 4 aliphatic rings. The highest BCUT2D eigenvalue weighted by Crippen LogP contribution is 2.38. The Balaban J connectivity index is 0.000000162. The minimum Gasteiger partial charge on any atom is -0.423 e. The number of anilines is 2. The number of thiophene rings is 2. The second-order valence-electron chi connectivity index (χ2n) is 18.1. The summed E-state index contributed by atoms with van der Waals surface area (Å²) in [6.07, 6.45) is 2.56. The molecular formula is C48H62BBrN8O10S4. The highest BCUT2D eigenvalue weighted by molar-refractivity contribution is 9.10. The quantitative estimate of drug-likeness (QED) is 0.102. The van der Waals surface area contributed by atoms with Crippen molar-refractivity contribution < 1.29 is 46.6 Å². The minimum absolute atomic E-state index is 0.00159. The van der Waals surface area contributed by atoms with E-state index in [2.05, 4.69) is 59.8 Å². The Morgan fingerprint density at radius 2 is 1.06 bits per heavy atom. The summed E-state index contributed by atoms with van der Waals surface area (Å²) in [6, 6.07) is 23.1. The number of sulfonamides is 2. The molecule has 4 N–H and O–H groups in total. The fourth-order valence-electron chi connectivity index (χ4n) is 8.98. The van der Waals surface area contributed by atoms with Gasteiger partial charge in [-0.05, 0) is 73.6 Å². The van der Waals surface area contributed by atoms with E-state index in [1.54, 1.807) is 55.5 Å². The Labute approximate surface area is 438 Å².